The van der Waals surface area contributed by atoms with E-state index in [1.54, 1.807) is 0 Å². The summed E-state index contributed by atoms with van der Waals surface area (Å²) in [6, 6.07) is 2.57. The second-order valence-corrected chi connectivity index (χ2v) is 5.08. The SMILES string of the molecule is Cc1nc(NN)cc(N(CC(C)C)C2CC2)n1. The van der Waals surface area contributed by atoms with Gasteiger partial charge in [0.05, 0.1) is 0 Å². The van der Waals surface area contributed by atoms with Gasteiger partial charge in [0, 0.05) is 18.7 Å². The fourth-order valence-corrected chi connectivity index (χ4v) is 1.98. The van der Waals surface area contributed by atoms with Crippen LogP contribution in [0.4, 0.5) is 11.6 Å². The van der Waals surface area contributed by atoms with E-state index in [2.05, 4.69) is 34.1 Å². The number of aryl methyl sites for hydroxylation is 1. The third-order valence-corrected chi connectivity index (χ3v) is 2.82. The molecule has 0 radical (unpaired) electrons. The molecule has 1 fully saturated rings. The summed E-state index contributed by atoms with van der Waals surface area (Å²) in [5.41, 5.74) is 2.60. The van der Waals surface area contributed by atoms with Crippen LogP contribution in [0.2, 0.25) is 0 Å². The molecule has 0 aromatic carbocycles. The quantitative estimate of drug-likeness (QED) is 0.600. The maximum atomic E-state index is 5.42. The Kier molecular flexibility index (Phi) is 3.47. The third-order valence-electron chi connectivity index (χ3n) is 2.82. The molecule has 3 N–H and O–H groups in total. The number of nitrogens with zero attached hydrogens (tertiary/aromatic N) is 3. The van der Waals surface area contributed by atoms with Gasteiger partial charge in [0.1, 0.15) is 17.5 Å². The summed E-state index contributed by atoms with van der Waals surface area (Å²) in [5.74, 6) is 8.47. The molecule has 1 aromatic heterocycles. The summed E-state index contributed by atoms with van der Waals surface area (Å²) in [4.78, 5) is 11.1. The van der Waals surface area contributed by atoms with Gasteiger partial charge in [-0.1, -0.05) is 13.8 Å². The van der Waals surface area contributed by atoms with Crippen LogP contribution in [-0.4, -0.2) is 22.6 Å². The number of nitrogen functional groups attached to an aromatic ring is 1. The molecule has 0 saturated heterocycles. The van der Waals surface area contributed by atoms with E-state index in [1.165, 1.54) is 12.8 Å². The van der Waals surface area contributed by atoms with Crippen molar-refractivity contribution in [1.82, 2.24) is 9.97 Å². The molecule has 5 heteroatoms. The van der Waals surface area contributed by atoms with Crippen molar-refractivity contribution in [3.63, 3.8) is 0 Å². The van der Waals surface area contributed by atoms with Gasteiger partial charge in [-0.25, -0.2) is 15.8 Å². The molecule has 0 aliphatic heterocycles. The highest BCUT2D eigenvalue weighted by Gasteiger charge is 2.30. The molecule has 0 atom stereocenters. The van der Waals surface area contributed by atoms with Crippen LogP contribution >= 0.6 is 0 Å². The molecule has 1 heterocycles. The van der Waals surface area contributed by atoms with Gasteiger partial charge in [-0.3, -0.25) is 0 Å². The molecule has 17 heavy (non-hydrogen) atoms. The maximum Gasteiger partial charge on any atom is 0.145 e. The molecule has 1 aliphatic carbocycles. The van der Waals surface area contributed by atoms with E-state index in [0.29, 0.717) is 17.8 Å². The highest BCUT2D eigenvalue weighted by Crippen LogP contribution is 2.32. The van der Waals surface area contributed by atoms with Crippen LogP contribution in [0.1, 0.15) is 32.5 Å². The minimum Gasteiger partial charge on any atom is -0.353 e. The summed E-state index contributed by atoms with van der Waals surface area (Å²) < 4.78 is 0. The van der Waals surface area contributed by atoms with Crippen LogP contribution in [0.5, 0.6) is 0 Å². The normalized spacial score (nSPS) is 15.1. The van der Waals surface area contributed by atoms with Gasteiger partial charge in [0.2, 0.25) is 0 Å². The smallest absolute Gasteiger partial charge is 0.145 e. The fraction of sp³-hybridized carbons (Fsp3) is 0.667. The molecular formula is C12H21N5. The zero-order valence-corrected chi connectivity index (χ0v) is 10.8. The van der Waals surface area contributed by atoms with Crippen molar-refractivity contribution in [2.24, 2.45) is 11.8 Å². The Labute approximate surface area is 102 Å². The van der Waals surface area contributed by atoms with E-state index in [4.69, 9.17) is 5.84 Å². The first-order valence-corrected chi connectivity index (χ1v) is 6.19. The summed E-state index contributed by atoms with van der Waals surface area (Å²) in [6.45, 7) is 7.38. The van der Waals surface area contributed by atoms with Gasteiger partial charge in [-0.2, -0.15) is 0 Å². The molecule has 0 bridgehead atoms. The Morgan fingerprint density at radius 1 is 1.47 bits per heavy atom. The molecule has 1 aromatic rings. The predicted octanol–water partition coefficient (Wildman–Crippen LogP) is 1.70. The average Bonchev–Trinajstić information content (AvgIpc) is 3.08. The number of aromatic nitrogens is 2. The minimum atomic E-state index is 0.625. The van der Waals surface area contributed by atoms with Crippen LogP contribution in [0.25, 0.3) is 0 Å². The van der Waals surface area contributed by atoms with Gasteiger partial charge >= 0.3 is 0 Å². The first-order chi connectivity index (χ1) is 8.10. The van der Waals surface area contributed by atoms with Crippen molar-refractivity contribution >= 4 is 11.6 Å². The zero-order chi connectivity index (χ0) is 12.4. The standard InChI is InChI=1S/C12H21N5/c1-8(2)7-17(10-4-5-10)12-6-11(16-13)14-9(3)15-12/h6,8,10H,4-5,7,13H2,1-3H3,(H,14,15,16). The summed E-state index contributed by atoms with van der Waals surface area (Å²) in [5, 5.41) is 0. The Bertz CT molecular complexity index is 386. The van der Waals surface area contributed by atoms with E-state index in [0.717, 1.165) is 18.2 Å². The zero-order valence-electron chi connectivity index (χ0n) is 10.8. The second kappa shape index (κ2) is 4.87. The first kappa shape index (κ1) is 12.1. The number of rotatable bonds is 5. The molecule has 1 aliphatic rings. The van der Waals surface area contributed by atoms with E-state index in [-0.39, 0.29) is 0 Å². The molecule has 94 valence electrons. The molecule has 0 spiro atoms. The van der Waals surface area contributed by atoms with Crippen molar-refractivity contribution in [3.05, 3.63) is 11.9 Å². The largest absolute Gasteiger partial charge is 0.353 e. The molecule has 0 amide bonds. The third kappa shape index (κ3) is 3.06. The fourth-order valence-electron chi connectivity index (χ4n) is 1.98. The Morgan fingerprint density at radius 2 is 2.18 bits per heavy atom. The Balaban J connectivity index is 2.25. The van der Waals surface area contributed by atoms with Crippen LogP contribution < -0.4 is 16.2 Å². The van der Waals surface area contributed by atoms with Gasteiger partial charge < -0.3 is 10.3 Å². The number of anilines is 2. The lowest BCUT2D eigenvalue weighted by atomic mass is 10.2. The minimum absolute atomic E-state index is 0.625. The topological polar surface area (TPSA) is 67.1 Å². The summed E-state index contributed by atoms with van der Waals surface area (Å²) in [7, 11) is 0. The molecule has 1 saturated carbocycles. The van der Waals surface area contributed by atoms with E-state index < -0.39 is 0 Å². The maximum absolute atomic E-state index is 5.42. The Hall–Kier alpha value is -1.36. The van der Waals surface area contributed by atoms with Crippen molar-refractivity contribution in [1.29, 1.82) is 0 Å². The Morgan fingerprint density at radius 3 is 2.71 bits per heavy atom. The second-order valence-electron chi connectivity index (χ2n) is 5.08. The lowest BCUT2D eigenvalue weighted by Gasteiger charge is -2.26. The first-order valence-electron chi connectivity index (χ1n) is 6.19. The highest BCUT2D eigenvalue weighted by molar-refractivity contribution is 5.50. The lowest BCUT2D eigenvalue weighted by molar-refractivity contribution is 0.601. The van der Waals surface area contributed by atoms with E-state index in [1.807, 2.05) is 13.0 Å². The summed E-state index contributed by atoms with van der Waals surface area (Å²) >= 11 is 0. The van der Waals surface area contributed by atoms with Crippen molar-refractivity contribution in [2.75, 3.05) is 16.9 Å². The van der Waals surface area contributed by atoms with Crippen LogP contribution in [0.3, 0.4) is 0 Å². The van der Waals surface area contributed by atoms with Crippen LogP contribution in [-0.2, 0) is 0 Å². The monoisotopic (exact) mass is 235 g/mol. The number of nitrogens with two attached hydrogens (primary N) is 1. The van der Waals surface area contributed by atoms with Gasteiger partial charge in [0.25, 0.3) is 0 Å². The van der Waals surface area contributed by atoms with E-state index in [9.17, 15) is 0 Å². The molecule has 2 rings (SSSR count). The molecular weight excluding hydrogens is 214 g/mol. The van der Waals surface area contributed by atoms with Crippen LogP contribution in [0.15, 0.2) is 6.07 Å². The van der Waals surface area contributed by atoms with Gasteiger partial charge in [-0.05, 0) is 25.7 Å². The van der Waals surface area contributed by atoms with Gasteiger partial charge in [0.15, 0.2) is 0 Å². The van der Waals surface area contributed by atoms with Crippen LogP contribution in [0, 0.1) is 12.8 Å². The van der Waals surface area contributed by atoms with E-state index >= 15 is 0 Å². The average molecular weight is 235 g/mol. The number of hydrogen-bond donors (Lipinski definition) is 2. The predicted molar refractivity (Wildman–Crippen MR) is 69.8 cm³/mol. The summed E-state index contributed by atoms with van der Waals surface area (Å²) in [6.07, 6.45) is 2.53. The highest BCUT2D eigenvalue weighted by atomic mass is 15.3. The molecule has 5 nitrogen and oxygen atoms in total. The van der Waals surface area contributed by atoms with Crippen molar-refractivity contribution < 1.29 is 0 Å². The van der Waals surface area contributed by atoms with Gasteiger partial charge in [-0.15, -0.1) is 0 Å². The van der Waals surface area contributed by atoms with Crippen molar-refractivity contribution in [3.8, 4) is 0 Å². The lowest BCUT2D eigenvalue weighted by Crippen LogP contribution is -2.31. The number of nitrogens with one attached hydrogen (secondary N) is 1. The van der Waals surface area contributed by atoms with Crippen molar-refractivity contribution in [2.45, 2.75) is 39.7 Å². The number of hydrogen-bond acceptors (Lipinski definition) is 5. The molecule has 0 unspecified atom stereocenters. The number of hydrazine groups is 1.